The Hall–Kier alpha value is -0.870. The molecule has 4 nitrogen and oxygen atoms in total. The predicted octanol–water partition coefficient (Wildman–Crippen LogP) is 1.61. The predicted molar refractivity (Wildman–Crippen MR) is 66.9 cm³/mol. The van der Waals surface area contributed by atoms with E-state index in [9.17, 15) is 4.79 Å². The molecule has 1 aliphatic rings. The molecule has 1 aliphatic heterocycles. The number of hydrogen-bond donors (Lipinski definition) is 0. The van der Waals surface area contributed by atoms with Gasteiger partial charge in [-0.2, -0.15) is 0 Å². The Bertz CT molecular complexity index is 247. The zero-order valence-corrected chi connectivity index (χ0v) is 10.9. The number of ether oxygens (including phenoxy) is 2. The zero-order chi connectivity index (χ0) is 12.5. The number of nitrogens with zero attached hydrogens (tertiary/aromatic N) is 1. The molecule has 1 rings (SSSR count). The monoisotopic (exact) mass is 241 g/mol. The minimum absolute atomic E-state index is 0.150. The number of hydrogen-bond acceptors (Lipinski definition) is 4. The van der Waals surface area contributed by atoms with Gasteiger partial charge in [-0.25, -0.2) is 0 Å². The molecular weight excluding hydrogens is 218 g/mol. The van der Waals surface area contributed by atoms with E-state index in [-0.39, 0.29) is 5.97 Å². The van der Waals surface area contributed by atoms with Crippen LogP contribution in [0.25, 0.3) is 0 Å². The smallest absolute Gasteiger partial charge is 0.306 e. The van der Waals surface area contributed by atoms with Crippen LogP contribution in [0.1, 0.15) is 26.2 Å². The average Bonchev–Trinajstić information content (AvgIpc) is 2.84. The Balaban J connectivity index is 2.33. The van der Waals surface area contributed by atoms with Crippen molar-refractivity contribution in [2.24, 2.45) is 0 Å². The summed E-state index contributed by atoms with van der Waals surface area (Å²) >= 11 is 0. The van der Waals surface area contributed by atoms with E-state index in [0.29, 0.717) is 12.5 Å². The van der Waals surface area contributed by atoms with Gasteiger partial charge in [-0.3, -0.25) is 9.69 Å². The summed E-state index contributed by atoms with van der Waals surface area (Å²) in [5, 5.41) is 0. The van der Waals surface area contributed by atoms with Gasteiger partial charge in [0.15, 0.2) is 0 Å². The molecule has 0 aliphatic carbocycles. The van der Waals surface area contributed by atoms with E-state index in [4.69, 9.17) is 4.74 Å². The van der Waals surface area contributed by atoms with Gasteiger partial charge in [0.05, 0.1) is 19.6 Å². The van der Waals surface area contributed by atoms with Crippen LogP contribution < -0.4 is 0 Å². The number of esters is 1. The molecule has 0 radical (unpaired) electrons. The Kier molecular flexibility index (Phi) is 6.89. The lowest BCUT2D eigenvalue weighted by Gasteiger charge is -2.23. The highest BCUT2D eigenvalue weighted by molar-refractivity contribution is 5.69. The molecule has 1 heterocycles. The van der Waals surface area contributed by atoms with Gasteiger partial charge < -0.3 is 9.47 Å². The van der Waals surface area contributed by atoms with Gasteiger partial charge in [0.25, 0.3) is 0 Å². The van der Waals surface area contributed by atoms with Gasteiger partial charge in [0, 0.05) is 26.2 Å². The molecule has 0 aromatic rings. The summed E-state index contributed by atoms with van der Waals surface area (Å²) in [6, 6.07) is 0. The van der Waals surface area contributed by atoms with E-state index in [1.807, 2.05) is 13.0 Å². The third kappa shape index (κ3) is 5.84. The molecule has 1 saturated heterocycles. The second kappa shape index (κ2) is 8.25. The number of methoxy groups -OCH3 is 1. The zero-order valence-electron chi connectivity index (χ0n) is 10.9. The molecule has 0 spiro atoms. The van der Waals surface area contributed by atoms with Crippen LogP contribution in [-0.2, 0) is 14.3 Å². The number of rotatable bonds is 7. The summed E-state index contributed by atoms with van der Waals surface area (Å²) in [4.78, 5) is 13.4. The van der Waals surface area contributed by atoms with Gasteiger partial charge >= 0.3 is 5.97 Å². The maximum Gasteiger partial charge on any atom is 0.306 e. The first-order valence-electron chi connectivity index (χ1n) is 6.28. The van der Waals surface area contributed by atoms with Gasteiger partial charge in [-0.15, -0.1) is 0 Å². The van der Waals surface area contributed by atoms with Crippen molar-refractivity contribution in [2.75, 3.05) is 33.4 Å². The summed E-state index contributed by atoms with van der Waals surface area (Å²) < 4.78 is 10.3. The highest BCUT2D eigenvalue weighted by Gasteiger charge is 2.19. The first kappa shape index (κ1) is 14.2. The lowest BCUT2D eigenvalue weighted by atomic mass is 10.2. The Morgan fingerprint density at radius 2 is 2.41 bits per heavy atom. The van der Waals surface area contributed by atoms with Crippen LogP contribution in [0.3, 0.4) is 0 Å². The lowest BCUT2D eigenvalue weighted by molar-refractivity contribution is -0.141. The minimum Gasteiger partial charge on any atom is -0.469 e. The van der Waals surface area contributed by atoms with E-state index in [1.54, 1.807) is 0 Å². The fourth-order valence-corrected chi connectivity index (χ4v) is 1.94. The summed E-state index contributed by atoms with van der Waals surface area (Å²) in [7, 11) is 1.43. The molecule has 17 heavy (non-hydrogen) atoms. The van der Waals surface area contributed by atoms with E-state index >= 15 is 0 Å². The van der Waals surface area contributed by atoms with Crippen LogP contribution in [0.15, 0.2) is 12.2 Å². The number of carbonyl (C=O) groups is 1. The van der Waals surface area contributed by atoms with E-state index in [2.05, 4.69) is 15.7 Å². The summed E-state index contributed by atoms with van der Waals surface area (Å²) in [5.41, 5.74) is 0. The molecule has 0 amide bonds. The molecule has 1 unspecified atom stereocenters. The molecule has 0 saturated carbocycles. The van der Waals surface area contributed by atoms with Crippen LogP contribution in [-0.4, -0.2) is 50.3 Å². The van der Waals surface area contributed by atoms with Crippen molar-refractivity contribution in [2.45, 2.75) is 32.3 Å². The second-order valence-corrected chi connectivity index (χ2v) is 4.29. The molecular formula is C13H23NO3. The first-order valence-corrected chi connectivity index (χ1v) is 6.28. The van der Waals surface area contributed by atoms with E-state index < -0.39 is 0 Å². The summed E-state index contributed by atoms with van der Waals surface area (Å²) in [6.07, 6.45) is 7.19. The van der Waals surface area contributed by atoms with Crippen molar-refractivity contribution in [1.29, 1.82) is 0 Å². The fraction of sp³-hybridized carbons (Fsp3) is 0.769. The van der Waals surface area contributed by atoms with Crippen LogP contribution in [0.5, 0.6) is 0 Å². The standard InChI is InChI=1S/C13H23NO3/c1-3-4-8-14(9-7-13(15)16-2)11-12-6-5-10-17-12/h3-4,12H,5-11H2,1-2H3/b4-3+. The summed E-state index contributed by atoms with van der Waals surface area (Å²) in [6.45, 7) is 5.38. The number of allylic oxidation sites excluding steroid dienone is 1. The molecule has 0 bridgehead atoms. The molecule has 98 valence electrons. The van der Waals surface area contributed by atoms with Crippen molar-refractivity contribution in [3.8, 4) is 0 Å². The van der Waals surface area contributed by atoms with Crippen LogP contribution in [0, 0.1) is 0 Å². The van der Waals surface area contributed by atoms with Gasteiger partial charge in [-0.05, 0) is 19.8 Å². The Morgan fingerprint density at radius 3 is 3.00 bits per heavy atom. The van der Waals surface area contributed by atoms with Gasteiger partial charge in [0.1, 0.15) is 0 Å². The molecule has 0 aromatic heterocycles. The number of carbonyl (C=O) groups excluding carboxylic acids is 1. The molecule has 0 aromatic carbocycles. The van der Waals surface area contributed by atoms with Crippen molar-refractivity contribution in [1.82, 2.24) is 4.90 Å². The maximum atomic E-state index is 11.1. The molecule has 1 atom stereocenters. The topological polar surface area (TPSA) is 38.8 Å². The van der Waals surface area contributed by atoms with Gasteiger partial charge in [-0.1, -0.05) is 12.2 Å². The van der Waals surface area contributed by atoms with Crippen molar-refractivity contribution < 1.29 is 14.3 Å². The second-order valence-electron chi connectivity index (χ2n) is 4.29. The largest absolute Gasteiger partial charge is 0.469 e. The third-order valence-electron chi connectivity index (χ3n) is 2.94. The van der Waals surface area contributed by atoms with Crippen LogP contribution in [0.4, 0.5) is 0 Å². The Morgan fingerprint density at radius 1 is 1.59 bits per heavy atom. The summed E-state index contributed by atoms with van der Waals surface area (Å²) in [5.74, 6) is -0.150. The van der Waals surface area contributed by atoms with Crippen LogP contribution >= 0.6 is 0 Å². The molecule has 0 N–H and O–H groups in total. The lowest BCUT2D eigenvalue weighted by Crippen LogP contribution is -2.34. The fourth-order valence-electron chi connectivity index (χ4n) is 1.94. The quantitative estimate of drug-likeness (QED) is 0.501. The van der Waals surface area contributed by atoms with Gasteiger partial charge in [0.2, 0.25) is 0 Å². The van der Waals surface area contributed by atoms with Crippen molar-refractivity contribution in [3.63, 3.8) is 0 Å². The minimum atomic E-state index is -0.150. The Labute approximate surface area is 104 Å². The normalized spacial score (nSPS) is 20.3. The highest BCUT2D eigenvalue weighted by Crippen LogP contribution is 2.13. The van der Waals surface area contributed by atoms with Crippen molar-refractivity contribution in [3.05, 3.63) is 12.2 Å². The van der Waals surface area contributed by atoms with Crippen molar-refractivity contribution >= 4 is 5.97 Å². The SMILES string of the molecule is C/C=C/CN(CCC(=O)OC)CC1CCCO1. The van der Waals surface area contributed by atoms with E-state index in [0.717, 1.165) is 39.1 Å². The molecule has 1 fully saturated rings. The third-order valence-corrected chi connectivity index (χ3v) is 2.94. The van der Waals surface area contributed by atoms with Crippen LogP contribution in [0.2, 0.25) is 0 Å². The molecule has 4 heteroatoms. The maximum absolute atomic E-state index is 11.1. The first-order chi connectivity index (χ1) is 8.26. The van der Waals surface area contributed by atoms with E-state index in [1.165, 1.54) is 7.11 Å². The average molecular weight is 241 g/mol. The highest BCUT2D eigenvalue weighted by atomic mass is 16.5.